The van der Waals surface area contributed by atoms with Gasteiger partial charge in [0.2, 0.25) is 5.91 Å². The van der Waals surface area contributed by atoms with Gasteiger partial charge >= 0.3 is 0 Å². The molecule has 1 aliphatic heterocycles. The van der Waals surface area contributed by atoms with E-state index in [0.717, 1.165) is 65.3 Å². The highest BCUT2D eigenvalue weighted by Gasteiger charge is 2.28. The number of nitrogens with one attached hydrogen (secondary N) is 1. The Kier molecular flexibility index (Phi) is 6.82. The number of aryl methyl sites for hydroxylation is 2. The lowest BCUT2D eigenvalue weighted by molar-refractivity contribution is -0.123. The van der Waals surface area contributed by atoms with Gasteiger partial charge < -0.3 is 5.32 Å². The zero-order chi connectivity index (χ0) is 22.1. The van der Waals surface area contributed by atoms with E-state index in [2.05, 4.69) is 31.0 Å². The van der Waals surface area contributed by atoms with E-state index in [9.17, 15) is 9.59 Å². The molecule has 1 saturated carbocycles. The number of likely N-dealkylation sites (tertiary alicyclic amines) is 1. The average Bonchev–Trinajstić information content (AvgIpc) is 3.02. The van der Waals surface area contributed by atoms with E-state index in [0.29, 0.717) is 12.6 Å². The van der Waals surface area contributed by atoms with Crippen LogP contribution >= 0.6 is 11.3 Å². The standard InChI is InChI=1S/C24H36N4O2S/c1-15(2)22-26-23-21(16(3)17(4)31-23)24(30)28(22)19-11-8-12-27(13-19)14-20(29)25-18-9-6-5-7-10-18/h15,18-19H,5-14H2,1-4H3,(H,25,29)/t19-/m1/s1. The van der Waals surface area contributed by atoms with Crippen LogP contribution in [-0.4, -0.2) is 46.0 Å². The van der Waals surface area contributed by atoms with Crippen molar-refractivity contribution in [3.63, 3.8) is 0 Å². The molecule has 31 heavy (non-hydrogen) atoms. The zero-order valence-electron chi connectivity index (χ0n) is 19.4. The highest BCUT2D eigenvalue weighted by molar-refractivity contribution is 7.18. The van der Waals surface area contributed by atoms with Crippen LogP contribution in [0.5, 0.6) is 0 Å². The first-order valence-electron chi connectivity index (χ1n) is 11.9. The van der Waals surface area contributed by atoms with Gasteiger partial charge in [0.15, 0.2) is 0 Å². The summed E-state index contributed by atoms with van der Waals surface area (Å²) in [7, 11) is 0. The molecule has 2 fully saturated rings. The molecule has 2 aliphatic rings. The third kappa shape index (κ3) is 4.72. The first-order valence-corrected chi connectivity index (χ1v) is 12.7. The van der Waals surface area contributed by atoms with Crippen molar-refractivity contribution in [2.45, 2.75) is 90.6 Å². The van der Waals surface area contributed by atoms with E-state index in [1.165, 1.54) is 19.3 Å². The second-order valence-electron chi connectivity index (χ2n) is 9.70. The molecule has 0 aromatic carbocycles. The highest BCUT2D eigenvalue weighted by Crippen LogP contribution is 2.30. The molecular formula is C24H36N4O2S. The van der Waals surface area contributed by atoms with Crippen LogP contribution in [0.25, 0.3) is 10.2 Å². The predicted molar refractivity (Wildman–Crippen MR) is 127 cm³/mol. The van der Waals surface area contributed by atoms with Crippen LogP contribution in [-0.2, 0) is 4.79 Å². The molecule has 4 rings (SSSR count). The predicted octanol–water partition coefficient (Wildman–Crippen LogP) is 4.28. The summed E-state index contributed by atoms with van der Waals surface area (Å²) in [5.74, 6) is 1.17. The third-order valence-electron chi connectivity index (χ3n) is 6.96. The first-order chi connectivity index (χ1) is 14.8. The summed E-state index contributed by atoms with van der Waals surface area (Å²) in [6, 6.07) is 0.408. The molecule has 2 aromatic rings. The molecule has 0 bridgehead atoms. The Bertz CT molecular complexity index is 1000. The lowest BCUT2D eigenvalue weighted by atomic mass is 9.95. The van der Waals surface area contributed by atoms with Gasteiger partial charge in [-0.05, 0) is 51.6 Å². The molecule has 0 radical (unpaired) electrons. The van der Waals surface area contributed by atoms with Crippen LogP contribution in [0.4, 0.5) is 0 Å². The Morgan fingerprint density at radius 1 is 1.16 bits per heavy atom. The molecule has 0 spiro atoms. The fourth-order valence-electron chi connectivity index (χ4n) is 5.19. The molecule has 0 unspecified atom stereocenters. The maximum Gasteiger partial charge on any atom is 0.262 e. The highest BCUT2D eigenvalue weighted by atomic mass is 32.1. The minimum atomic E-state index is 0.0673. The molecule has 1 amide bonds. The zero-order valence-corrected chi connectivity index (χ0v) is 20.2. The minimum Gasteiger partial charge on any atom is -0.352 e. The van der Waals surface area contributed by atoms with Crippen molar-refractivity contribution in [3.8, 4) is 0 Å². The first kappa shape index (κ1) is 22.5. The van der Waals surface area contributed by atoms with Gasteiger partial charge in [0.25, 0.3) is 5.56 Å². The fraction of sp³-hybridized carbons (Fsp3) is 0.708. The second kappa shape index (κ2) is 9.41. The second-order valence-corrected chi connectivity index (χ2v) is 10.9. The van der Waals surface area contributed by atoms with Crippen molar-refractivity contribution in [1.29, 1.82) is 0 Å². The van der Waals surface area contributed by atoms with Gasteiger partial charge in [0.1, 0.15) is 10.7 Å². The molecule has 1 aliphatic carbocycles. The number of thiophene rings is 1. The van der Waals surface area contributed by atoms with Crippen LogP contribution in [0.3, 0.4) is 0 Å². The molecule has 1 atom stereocenters. The summed E-state index contributed by atoms with van der Waals surface area (Å²) in [5.41, 5.74) is 1.15. The van der Waals surface area contributed by atoms with E-state index in [4.69, 9.17) is 4.98 Å². The molecule has 3 heterocycles. The van der Waals surface area contributed by atoms with Crippen molar-refractivity contribution >= 4 is 27.5 Å². The lowest BCUT2D eigenvalue weighted by Gasteiger charge is -2.35. The quantitative estimate of drug-likeness (QED) is 0.747. The van der Waals surface area contributed by atoms with Crippen LogP contribution in [0.15, 0.2) is 4.79 Å². The maximum atomic E-state index is 13.6. The van der Waals surface area contributed by atoms with Crippen molar-refractivity contribution < 1.29 is 4.79 Å². The Labute approximate surface area is 189 Å². The van der Waals surface area contributed by atoms with Crippen molar-refractivity contribution in [2.24, 2.45) is 0 Å². The van der Waals surface area contributed by atoms with Crippen LogP contribution in [0.1, 0.15) is 87.0 Å². The number of piperidine rings is 1. The summed E-state index contributed by atoms with van der Waals surface area (Å²) >= 11 is 1.62. The van der Waals surface area contributed by atoms with E-state index in [1.807, 2.05) is 11.5 Å². The number of nitrogens with zero attached hydrogens (tertiary/aromatic N) is 3. The van der Waals surface area contributed by atoms with Gasteiger partial charge in [-0.15, -0.1) is 11.3 Å². The summed E-state index contributed by atoms with van der Waals surface area (Å²) < 4.78 is 1.96. The van der Waals surface area contributed by atoms with Gasteiger partial charge in [0, 0.05) is 23.4 Å². The molecule has 1 N–H and O–H groups in total. The number of aromatic nitrogens is 2. The topological polar surface area (TPSA) is 67.2 Å². The van der Waals surface area contributed by atoms with Crippen LogP contribution in [0.2, 0.25) is 0 Å². The number of carbonyl (C=O) groups is 1. The summed E-state index contributed by atoms with van der Waals surface area (Å²) in [4.78, 5) is 35.4. The fourth-order valence-corrected chi connectivity index (χ4v) is 6.22. The van der Waals surface area contributed by atoms with Crippen molar-refractivity contribution in [2.75, 3.05) is 19.6 Å². The maximum absolute atomic E-state index is 13.6. The smallest absolute Gasteiger partial charge is 0.262 e. The number of amides is 1. The molecule has 170 valence electrons. The average molecular weight is 445 g/mol. The van der Waals surface area contributed by atoms with Crippen molar-refractivity contribution in [3.05, 3.63) is 26.6 Å². The Morgan fingerprint density at radius 2 is 1.90 bits per heavy atom. The number of fused-ring (bicyclic) bond motifs is 1. The Balaban J connectivity index is 1.55. The van der Waals surface area contributed by atoms with Gasteiger partial charge in [0.05, 0.1) is 18.0 Å². The van der Waals surface area contributed by atoms with Crippen LogP contribution < -0.4 is 10.9 Å². The van der Waals surface area contributed by atoms with Gasteiger partial charge in [-0.25, -0.2) is 4.98 Å². The molecule has 6 nitrogen and oxygen atoms in total. The van der Waals surface area contributed by atoms with Gasteiger partial charge in [-0.3, -0.25) is 19.1 Å². The monoisotopic (exact) mass is 444 g/mol. The number of rotatable bonds is 5. The van der Waals surface area contributed by atoms with E-state index in [1.54, 1.807) is 11.3 Å². The largest absolute Gasteiger partial charge is 0.352 e. The van der Waals surface area contributed by atoms with Gasteiger partial charge in [-0.2, -0.15) is 0 Å². The molecule has 7 heteroatoms. The molecule has 2 aromatic heterocycles. The molecular weight excluding hydrogens is 408 g/mol. The third-order valence-corrected chi connectivity index (χ3v) is 8.06. The molecule has 1 saturated heterocycles. The summed E-state index contributed by atoms with van der Waals surface area (Å²) in [6.45, 7) is 10.4. The van der Waals surface area contributed by atoms with Crippen molar-refractivity contribution in [1.82, 2.24) is 19.8 Å². The van der Waals surface area contributed by atoms with E-state index in [-0.39, 0.29) is 23.4 Å². The Morgan fingerprint density at radius 3 is 2.61 bits per heavy atom. The SMILES string of the molecule is Cc1sc2nc(C(C)C)n([C@@H]3CCCN(CC(=O)NC4CCCCC4)C3)c(=O)c2c1C. The number of carbonyl (C=O) groups excluding carboxylic acids is 1. The Hall–Kier alpha value is -1.73. The lowest BCUT2D eigenvalue weighted by Crippen LogP contribution is -2.47. The normalized spacial score (nSPS) is 21.1. The number of hydrogen-bond donors (Lipinski definition) is 1. The summed E-state index contributed by atoms with van der Waals surface area (Å²) in [6.07, 6.45) is 7.87. The number of hydrogen-bond acceptors (Lipinski definition) is 5. The minimum absolute atomic E-state index is 0.0673. The van der Waals surface area contributed by atoms with Crippen LogP contribution in [0, 0.1) is 13.8 Å². The van der Waals surface area contributed by atoms with E-state index >= 15 is 0 Å². The van der Waals surface area contributed by atoms with E-state index < -0.39 is 0 Å². The van der Waals surface area contributed by atoms with Gasteiger partial charge in [-0.1, -0.05) is 33.1 Å². The summed E-state index contributed by atoms with van der Waals surface area (Å²) in [5, 5.41) is 4.01.